The number of carbonyl (C=O) groups excluding carboxylic acids is 2. The Morgan fingerprint density at radius 2 is 1.83 bits per heavy atom. The third-order valence-electron chi connectivity index (χ3n) is 3.47. The predicted octanol–water partition coefficient (Wildman–Crippen LogP) is 2.61. The van der Waals surface area contributed by atoms with E-state index >= 15 is 0 Å². The SMILES string of the molecule is O=C(NCc1ccccc1)C1C=NN(c2ccc(Cl)cc2)C1=O. The third kappa shape index (κ3) is 3.40. The van der Waals surface area contributed by atoms with E-state index in [0.29, 0.717) is 17.3 Å². The number of hydrogen-bond donors (Lipinski definition) is 1. The highest BCUT2D eigenvalue weighted by atomic mass is 35.5. The van der Waals surface area contributed by atoms with Crippen LogP contribution in [0.4, 0.5) is 5.69 Å². The summed E-state index contributed by atoms with van der Waals surface area (Å²) in [5.41, 5.74) is 1.55. The van der Waals surface area contributed by atoms with Crippen molar-refractivity contribution in [2.45, 2.75) is 6.54 Å². The van der Waals surface area contributed by atoms with E-state index in [0.717, 1.165) is 5.56 Å². The number of amides is 2. The van der Waals surface area contributed by atoms with E-state index in [9.17, 15) is 9.59 Å². The first-order chi connectivity index (χ1) is 11.1. The molecule has 5 nitrogen and oxygen atoms in total. The second-order valence-electron chi connectivity index (χ2n) is 5.07. The summed E-state index contributed by atoms with van der Waals surface area (Å²) in [5.74, 6) is -1.65. The molecular formula is C17H14ClN3O2. The summed E-state index contributed by atoms with van der Waals surface area (Å²) in [7, 11) is 0. The summed E-state index contributed by atoms with van der Waals surface area (Å²) in [6.45, 7) is 0.373. The molecule has 0 bridgehead atoms. The molecule has 1 unspecified atom stereocenters. The number of carbonyl (C=O) groups is 2. The Bertz CT molecular complexity index is 744. The van der Waals surface area contributed by atoms with Crippen LogP contribution in [0.5, 0.6) is 0 Å². The van der Waals surface area contributed by atoms with Crippen molar-refractivity contribution in [1.82, 2.24) is 5.32 Å². The molecular weight excluding hydrogens is 314 g/mol. The van der Waals surface area contributed by atoms with Gasteiger partial charge in [0.25, 0.3) is 5.91 Å². The van der Waals surface area contributed by atoms with E-state index in [1.165, 1.54) is 11.2 Å². The van der Waals surface area contributed by atoms with Crippen molar-refractivity contribution < 1.29 is 9.59 Å². The molecule has 0 fully saturated rings. The van der Waals surface area contributed by atoms with E-state index < -0.39 is 5.92 Å². The number of hydrazone groups is 1. The Hall–Kier alpha value is -2.66. The van der Waals surface area contributed by atoms with Crippen LogP contribution in [0.25, 0.3) is 0 Å². The zero-order valence-electron chi connectivity index (χ0n) is 12.1. The Morgan fingerprint density at radius 1 is 1.13 bits per heavy atom. The Balaban J connectivity index is 1.63. The quantitative estimate of drug-likeness (QED) is 0.877. The summed E-state index contributed by atoms with van der Waals surface area (Å²) in [4.78, 5) is 24.5. The molecule has 1 aliphatic heterocycles. The molecule has 2 amide bonds. The van der Waals surface area contributed by atoms with Crippen LogP contribution >= 0.6 is 11.6 Å². The normalized spacial score (nSPS) is 16.7. The minimum atomic E-state index is -0.908. The molecule has 0 aliphatic carbocycles. The summed E-state index contributed by atoms with van der Waals surface area (Å²) >= 11 is 5.83. The molecule has 3 rings (SSSR count). The van der Waals surface area contributed by atoms with Gasteiger partial charge >= 0.3 is 0 Å². The number of hydrogen-bond acceptors (Lipinski definition) is 3. The molecule has 0 radical (unpaired) electrons. The second-order valence-corrected chi connectivity index (χ2v) is 5.51. The van der Waals surface area contributed by atoms with Crippen molar-refractivity contribution in [2.75, 3.05) is 5.01 Å². The summed E-state index contributed by atoms with van der Waals surface area (Å²) < 4.78 is 0. The van der Waals surface area contributed by atoms with Crippen LogP contribution in [-0.2, 0) is 16.1 Å². The zero-order valence-corrected chi connectivity index (χ0v) is 12.9. The minimum absolute atomic E-state index is 0.362. The molecule has 0 saturated heterocycles. The Morgan fingerprint density at radius 3 is 2.52 bits per heavy atom. The molecule has 1 atom stereocenters. The van der Waals surface area contributed by atoms with Gasteiger partial charge in [0.15, 0.2) is 5.92 Å². The second kappa shape index (κ2) is 6.62. The molecule has 0 saturated carbocycles. The van der Waals surface area contributed by atoms with Gasteiger partial charge in [0, 0.05) is 17.8 Å². The van der Waals surface area contributed by atoms with Crippen LogP contribution in [0.15, 0.2) is 59.7 Å². The summed E-state index contributed by atoms with van der Waals surface area (Å²) in [6.07, 6.45) is 1.36. The Labute approximate surface area is 138 Å². The molecule has 1 N–H and O–H groups in total. The average Bonchev–Trinajstić information content (AvgIpc) is 2.96. The monoisotopic (exact) mass is 327 g/mol. The molecule has 0 spiro atoms. The van der Waals surface area contributed by atoms with Crippen molar-refractivity contribution in [1.29, 1.82) is 0 Å². The van der Waals surface area contributed by atoms with E-state index in [1.807, 2.05) is 30.3 Å². The number of nitrogens with zero attached hydrogens (tertiary/aromatic N) is 2. The first kappa shape index (κ1) is 15.2. The molecule has 23 heavy (non-hydrogen) atoms. The highest BCUT2D eigenvalue weighted by molar-refractivity contribution is 6.30. The topological polar surface area (TPSA) is 61.8 Å². The standard InChI is InChI=1S/C17H14ClN3O2/c18-13-6-8-14(9-7-13)21-17(23)15(11-20-21)16(22)19-10-12-4-2-1-3-5-12/h1-9,11,15H,10H2,(H,19,22). The van der Waals surface area contributed by atoms with Gasteiger partial charge in [-0.1, -0.05) is 41.9 Å². The van der Waals surface area contributed by atoms with Crippen molar-refractivity contribution in [3.05, 3.63) is 65.2 Å². The molecule has 2 aromatic rings. The van der Waals surface area contributed by atoms with Gasteiger partial charge in [0.2, 0.25) is 5.91 Å². The van der Waals surface area contributed by atoms with E-state index in [1.54, 1.807) is 24.3 Å². The lowest BCUT2D eigenvalue weighted by Gasteiger charge is -2.14. The maximum absolute atomic E-state index is 12.4. The molecule has 1 heterocycles. The van der Waals surface area contributed by atoms with Crippen molar-refractivity contribution in [3.63, 3.8) is 0 Å². The fraction of sp³-hybridized carbons (Fsp3) is 0.118. The minimum Gasteiger partial charge on any atom is -0.351 e. The smallest absolute Gasteiger partial charge is 0.265 e. The summed E-state index contributed by atoms with van der Waals surface area (Å²) in [5, 5.41) is 8.56. The van der Waals surface area contributed by atoms with Crippen LogP contribution in [0.2, 0.25) is 5.02 Å². The van der Waals surface area contributed by atoms with Gasteiger partial charge in [0.1, 0.15) is 0 Å². The van der Waals surface area contributed by atoms with Gasteiger partial charge in [-0.3, -0.25) is 9.59 Å². The van der Waals surface area contributed by atoms with Crippen LogP contribution < -0.4 is 10.3 Å². The molecule has 0 aromatic heterocycles. The fourth-order valence-electron chi connectivity index (χ4n) is 2.24. The largest absolute Gasteiger partial charge is 0.351 e. The average molecular weight is 328 g/mol. The van der Waals surface area contributed by atoms with Crippen LogP contribution in [0, 0.1) is 5.92 Å². The number of rotatable bonds is 4. The summed E-state index contributed by atoms with van der Waals surface area (Å²) in [6, 6.07) is 16.2. The first-order valence-electron chi connectivity index (χ1n) is 7.10. The van der Waals surface area contributed by atoms with E-state index in [2.05, 4.69) is 10.4 Å². The van der Waals surface area contributed by atoms with E-state index in [4.69, 9.17) is 11.6 Å². The number of halogens is 1. The van der Waals surface area contributed by atoms with Crippen LogP contribution in [0.1, 0.15) is 5.56 Å². The number of benzene rings is 2. The first-order valence-corrected chi connectivity index (χ1v) is 7.48. The van der Waals surface area contributed by atoms with Gasteiger partial charge in [-0.05, 0) is 29.8 Å². The maximum atomic E-state index is 12.4. The number of nitrogens with one attached hydrogen (secondary N) is 1. The highest BCUT2D eigenvalue weighted by Crippen LogP contribution is 2.23. The zero-order chi connectivity index (χ0) is 16.2. The van der Waals surface area contributed by atoms with Crippen molar-refractivity contribution in [2.24, 2.45) is 11.0 Å². The lowest BCUT2D eigenvalue weighted by Crippen LogP contribution is -2.38. The van der Waals surface area contributed by atoms with Gasteiger partial charge in [-0.25, -0.2) is 5.01 Å². The number of anilines is 1. The Kier molecular flexibility index (Phi) is 4.39. The highest BCUT2D eigenvalue weighted by Gasteiger charge is 2.34. The van der Waals surface area contributed by atoms with Gasteiger partial charge in [-0.2, -0.15) is 5.10 Å². The maximum Gasteiger partial charge on any atom is 0.265 e. The molecule has 1 aliphatic rings. The van der Waals surface area contributed by atoms with Crippen molar-refractivity contribution >= 4 is 35.3 Å². The fourth-order valence-corrected chi connectivity index (χ4v) is 2.36. The lowest BCUT2D eigenvalue weighted by atomic mass is 10.1. The van der Waals surface area contributed by atoms with Gasteiger partial charge < -0.3 is 5.32 Å². The van der Waals surface area contributed by atoms with Crippen LogP contribution in [-0.4, -0.2) is 18.0 Å². The predicted molar refractivity (Wildman–Crippen MR) is 89.2 cm³/mol. The molecule has 2 aromatic carbocycles. The molecule has 6 heteroatoms. The van der Waals surface area contributed by atoms with Crippen LogP contribution in [0.3, 0.4) is 0 Å². The third-order valence-corrected chi connectivity index (χ3v) is 3.72. The van der Waals surface area contributed by atoms with Gasteiger partial charge in [-0.15, -0.1) is 0 Å². The lowest BCUT2D eigenvalue weighted by molar-refractivity contribution is -0.130. The molecule has 116 valence electrons. The van der Waals surface area contributed by atoms with Crippen molar-refractivity contribution in [3.8, 4) is 0 Å². The van der Waals surface area contributed by atoms with E-state index in [-0.39, 0.29) is 11.8 Å². The van der Waals surface area contributed by atoms with Gasteiger partial charge in [0.05, 0.1) is 5.69 Å².